The molecule has 9 heteroatoms. The predicted molar refractivity (Wildman–Crippen MR) is 236 cm³/mol. The molecule has 0 aromatic carbocycles. The van der Waals surface area contributed by atoms with Gasteiger partial charge in [0.2, 0.25) is 0 Å². The summed E-state index contributed by atoms with van der Waals surface area (Å²) in [6.45, 7) is 4.76. The van der Waals surface area contributed by atoms with Gasteiger partial charge in [0.25, 0.3) is 0 Å². The van der Waals surface area contributed by atoms with Crippen LogP contribution >= 0.6 is 0 Å². The fraction of sp³-hybridized carbons (Fsp3) is 0.958. The number of carbonyl (C=O) groups is 2. The first-order valence-corrected chi connectivity index (χ1v) is 26.1. The molecule has 0 heterocycles. The van der Waals surface area contributed by atoms with E-state index in [1.165, 1.54) is 205 Å². The van der Waals surface area contributed by atoms with Crippen LogP contribution in [-0.4, -0.2) is 43.4 Å². The molecule has 0 radical (unpaired) electrons. The van der Waals surface area contributed by atoms with Crippen LogP contribution in [0, 0.1) is 0 Å². The van der Waals surface area contributed by atoms with Crippen LogP contribution < -0.4 is 51.4 Å². The summed E-state index contributed by atoms with van der Waals surface area (Å²) < 4.78 is 45.4. The molecule has 0 aliphatic carbocycles. The molecule has 0 saturated heterocycles. The van der Waals surface area contributed by atoms with Gasteiger partial charge in [0.1, 0.15) is 10.1 Å². The Kier molecular flexibility index (Phi) is 49.7. The molecule has 0 aliphatic rings. The summed E-state index contributed by atoms with van der Waals surface area (Å²) in [6, 6.07) is 0. The Labute approximate surface area is 397 Å². The van der Waals surface area contributed by atoms with E-state index >= 15 is 0 Å². The Morgan fingerprint density at radius 1 is 0.386 bits per heavy atom. The van der Waals surface area contributed by atoms with Gasteiger partial charge in [-0.3, -0.25) is 9.59 Å². The molecule has 0 rings (SSSR count). The van der Waals surface area contributed by atoms with Crippen LogP contribution in [0.25, 0.3) is 0 Å². The van der Waals surface area contributed by atoms with Crippen LogP contribution in [0.3, 0.4) is 0 Å². The van der Waals surface area contributed by atoms with Crippen LogP contribution in [0.15, 0.2) is 0 Å². The summed E-state index contributed by atoms with van der Waals surface area (Å²) in [5.74, 6) is -1.99. The molecule has 334 valence electrons. The Morgan fingerprint density at radius 2 is 0.596 bits per heavy atom. The van der Waals surface area contributed by atoms with Gasteiger partial charge in [-0.15, -0.1) is 0 Å². The number of carbonyl (C=O) groups excluding carboxylic acids is 2. The van der Waals surface area contributed by atoms with E-state index in [0.717, 1.165) is 38.5 Å². The van der Waals surface area contributed by atoms with Gasteiger partial charge in [0, 0.05) is 0 Å². The number of hydrogen-bond donors (Lipinski definition) is 0. The van der Waals surface area contributed by atoms with Gasteiger partial charge >= 0.3 is 63.3 Å². The normalized spacial score (nSPS) is 12.1. The molecule has 0 aliphatic heterocycles. The van der Waals surface area contributed by atoms with Crippen molar-refractivity contribution in [3.05, 3.63) is 0 Å². The van der Waals surface area contributed by atoms with Crippen LogP contribution in [0.1, 0.15) is 277 Å². The number of esters is 2. The zero-order valence-electron chi connectivity index (χ0n) is 38.2. The molecule has 0 saturated carbocycles. The molecule has 1 unspecified atom stereocenters. The Bertz CT molecular complexity index is 945. The maximum absolute atomic E-state index is 12.4. The second-order valence-electron chi connectivity index (χ2n) is 17.0. The van der Waals surface area contributed by atoms with Crippen molar-refractivity contribution in [1.82, 2.24) is 0 Å². The third kappa shape index (κ3) is 45.8. The van der Waals surface area contributed by atoms with Crippen LogP contribution in [-0.2, 0) is 29.2 Å². The first-order valence-electron chi connectivity index (χ1n) is 24.6. The maximum atomic E-state index is 12.4. The molecular weight excluding hydrogens is 760 g/mol. The molecule has 0 aromatic heterocycles. The first-order chi connectivity index (χ1) is 27.3. The largest absolute Gasteiger partial charge is 1.00 e. The number of rotatable bonds is 46. The monoisotopic (exact) mass is 853 g/mol. The van der Waals surface area contributed by atoms with Gasteiger partial charge < -0.3 is 14.0 Å². The van der Waals surface area contributed by atoms with Crippen LogP contribution in [0.4, 0.5) is 0 Å². The van der Waals surface area contributed by atoms with Crippen molar-refractivity contribution in [3.8, 4) is 0 Å². The fourth-order valence-electron chi connectivity index (χ4n) is 7.68. The summed E-state index contributed by atoms with van der Waals surface area (Å²) in [4.78, 5) is 24.6. The Morgan fingerprint density at radius 3 is 0.825 bits per heavy atom. The molecule has 57 heavy (non-hydrogen) atoms. The van der Waals surface area contributed by atoms with Gasteiger partial charge in [-0.1, -0.05) is 258 Å². The van der Waals surface area contributed by atoms with Crippen molar-refractivity contribution < 1.29 is 83.4 Å². The van der Waals surface area contributed by atoms with Gasteiger partial charge in [-0.25, -0.2) is 8.42 Å². The van der Waals surface area contributed by atoms with Crippen molar-refractivity contribution in [3.63, 3.8) is 0 Å². The molecule has 0 bridgehead atoms. The topological polar surface area (TPSA) is 110 Å². The zero-order chi connectivity index (χ0) is 41.1. The van der Waals surface area contributed by atoms with Gasteiger partial charge in [-0.05, 0) is 12.8 Å². The minimum atomic E-state index is -5.03. The molecule has 0 aromatic rings. The third-order valence-corrected chi connectivity index (χ3v) is 12.5. The van der Waals surface area contributed by atoms with Crippen molar-refractivity contribution >= 4 is 22.1 Å². The van der Waals surface area contributed by atoms with E-state index in [1.807, 2.05) is 0 Å². The first kappa shape index (κ1) is 59.6. The molecule has 0 spiro atoms. The summed E-state index contributed by atoms with van der Waals surface area (Å²) in [5, 5.41) is -2.05. The summed E-state index contributed by atoms with van der Waals surface area (Å²) >= 11 is 0. The minimum absolute atomic E-state index is 0. The zero-order valence-corrected chi connectivity index (χ0v) is 42.2. The van der Waals surface area contributed by atoms with E-state index in [-0.39, 0.29) is 64.6 Å². The summed E-state index contributed by atoms with van der Waals surface area (Å²) in [7, 11) is -5.03. The molecule has 0 amide bonds. The van der Waals surface area contributed by atoms with E-state index in [4.69, 9.17) is 9.47 Å². The number of ether oxygens (including phenoxy) is 2. The summed E-state index contributed by atoms with van der Waals surface area (Å²) in [6.07, 6.45) is 50.3. The molecule has 7 nitrogen and oxygen atoms in total. The van der Waals surface area contributed by atoms with Crippen molar-refractivity contribution in [2.24, 2.45) is 0 Å². The standard InChI is InChI=1S/C48H94O7S.K/c1-3-5-7-9-11-13-15-17-19-21-23-25-27-29-31-33-35-37-39-41-43-54-47(49)45-46(56(51,52)53)48(50)55-44-42-40-38-36-34-32-30-28-26-24-22-20-18-16-14-12-10-8-6-4-2;/h46H,3-45H2,1-2H3,(H,51,52,53);/q;+1/p-1. The average molecular weight is 853 g/mol. The molecule has 0 fully saturated rings. The van der Waals surface area contributed by atoms with Crippen LogP contribution in [0.5, 0.6) is 0 Å². The van der Waals surface area contributed by atoms with Crippen molar-refractivity contribution in [1.29, 1.82) is 0 Å². The van der Waals surface area contributed by atoms with Crippen molar-refractivity contribution in [2.45, 2.75) is 282 Å². The van der Waals surface area contributed by atoms with E-state index in [1.54, 1.807) is 0 Å². The van der Waals surface area contributed by atoms with E-state index in [2.05, 4.69) is 13.8 Å². The average Bonchev–Trinajstić information content (AvgIpc) is 3.17. The van der Waals surface area contributed by atoms with E-state index in [9.17, 15) is 22.6 Å². The predicted octanol–water partition coefficient (Wildman–Crippen LogP) is 12.0. The van der Waals surface area contributed by atoms with Crippen molar-refractivity contribution in [2.75, 3.05) is 13.2 Å². The fourth-order valence-corrected chi connectivity index (χ4v) is 8.32. The maximum Gasteiger partial charge on any atom is 1.00 e. The molecular formula is C48H93KO7S. The quantitative estimate of drug-likeness (QED) is 0.0259. The van der Waals surface area contributed by atoms with Gasteiger partial charge in [0.15, 0.2) is 5.25 Å². The van der Waals surface area contributed by atoms with Gasteiger partial charge in [0.05, 0.1) is 19.6 Å². The Balaban J connectivity index is 0. The SMILES string of the molecule is CCCCCCCCCCCCCCCCCCCCCCOC(=O)CC(C(=O)OCCCCCCCCCCCCCCCCCCCCCC)S(=O)(=O)[O-].[K+]. The molecule has 1 atom stereocenters. The minimum Gasteiger partial charge on any atom is -0.747 e. The number of hydrogen-bond acceptors (Lipinski definition) is 7. The number of unbranched alkanes of at least 4 members (excludes halogenated alkanes) is 38. The second kappa shape index (κ2) is 47.5. The summed E-state index contributed by atoms with van der Waals surface area (Å²) in [5.41, 5.74) is 0. The van der Waals surface area contributed by atoms with Gasteiger partial charge in [-0.2, -0.15) is 0 Å². The third-order valence-electron chi connectivity index (χ3n) is 11.5. The van der Waals surface area contributed by atoms with Crippen LogP contribution in [0.2, 0.25) is 0 Å². The second-order valence-corrected chi connectivity index (χ2v) is 18.6. The van der Waals surface area contributed by atoms with E-state index < -0.39 is 33.7 Å². The molecule has 0 N–H and O–H groups in total. The smallest absolute Gasteiger partial charge is 0.747 e. The Hall–Kier alpha value is 0.486. The van der Waals surface area contributed by atoms with E-state index in [0.29, 0.717) is 12.8 Å².